The first-order valence-electron chi connectivity index (χ1n) is 6.27. The normalized spacial score (nSPS) is 10.9. The zero-order valence-electron chi connectivity index (χ0n) is 11.3. The molecule has 0 fully saturated rings. The number of aryl methyl sites for hydroxylation is 2. The highest BCUT2D eigenvalue weighted by Crippen LogP contribution is 2.21. The van der Waals surface area contributed by atoms with Crippen molar-refractivity contribution in [2.45, 2.75) is 13.5 Å². The van der Waals surface area contributed by atoms with Crippen LogP contribution in [0.4, 0.5) is 5.69 Å². The summed E-state index contributed by atoms with van der Waals surface area (Å²) in [6, 6.07) is 9.31. The van der Waals surface area contributed by atoms with E-state index in [1.165, 1.54) is 0 Å². The molecule has 3 aromatic rings. The van der Waals surface area contributed by atoms with Gasteiger partial charge in [-0.25, -0.2) is 0 Å². The number of hydrogen-bond acceptors (Lipinski definition) is 5. The highest BCUT2D eigenvalue weighted by molar-refractivity contribution is 5.91. The van der Waals surface area contributed by atoms with Crippen LogP contribution in [0.2, 0.25) is 0 Å². The molecule has 0 saturated carbocycles. The molecule has 102 valence electrons. The summed E-state index contributed by atoms with van der Waals surface area (Å²) < 4.78 is 6.67. The summed E-state index contributed by atoms with van der Waals surface area (Å²) in [6.45, 7) is 2.15. The fourth-order valence-electron chi connectivity index (χ4n) is 2.14. The number of nitrogens with zero attached hydrogens (tertiary/aromatic N) is 3. The number of rotatable bonds is 3. The largest absolute Gasteiger partial charge is 0.375 e. The van der Waals surface area contributed by atoms with Crippen LogP contribution in [-0.4, -0.2) is 14.7 Å². The molecule has 0 atom stereocenters. The van der Waals surface area contributed by atoms with Crippen molar-refractivity contribution in [2.24, 2.45) is 7.05 Å². The average molecular weight is 270 g/mol. The van der Waals surface area contributed by atoms with Crippen LogP contribution >= 0.6 is 0 Å². The van der Waals surface area contributed by atoms with Gasteiger partial charge in [-0.3, -0.25) is 4.79 Å². The molecule has 6 nitrogen and oxygen atoms in total. The molecule has 0 amide bonds. The van der Waals surface area contributed by atoms with Crippen molar-refractivity contribution in [1.29, 1.82) is 0 Å². The Hall–Kier alpha value is -2.63. The van der Waals surface area contributed by atoms with Crippen LogP contribution in [0.1, 0.15) is 11.7 Å². The van der Waals surface area contributed by atoms with E-state index in [1.807, 2.05) is 24.3 Å². The summed E-state index contributed by atoms with van der Waals surface area (Å²) >= 11 is 0. The Morgan fingerprint density at radius 1 is 1.35 bits per heavy atom. The van der Waals surface area contributed by atoms with Crippen LogP contribution < -0.4 is 10.9 Å². The quantitative estimate of drug-likeness (QED) is 0.786. The van der Waals surface area contributed by atoms with E-state index in [0.717, 1.165) is 16.6 Å². The lowest BCUT2D eigenvalue weighted by atomic mass is 10.2. The van der Waals surface area contributed by atoms with Gasteiger partial charge in [-0.2, -0.15) is 4.98 Å². The van der Waals surface area contributed by atoms with Crippen LogP contribution in [0.25, 0.3) is 10.9 Å². The van der Waals surface area contributed by atoms with Gasteiger partial charge in [-0.05, 0) is 13.0 Å². The minimum Gasteiger partial charge on any atom is -0.375 e. The third-order valence-corrected chi connectivity index (χ3v) is 3.15. The SMILES string of the molecule is Cc1noc(CNc2cc(=O)n(C)c3ccccc23)n1. The summed E-state index contributed by atoms with van der Waals surface area (Å²) in [5, 5.41) is 7.88. The van der Waals surface area contributed by atoms with Crippen molar-refractivity contribution < 1.29 is 4.52 Å². The van der Waals surface area contributed by atoms with Crippen LogP contribution in [0.15, 0.2) is 39.6 Å². The lowest BCUT2D eigenvalue weighted by molar-refractivity contribution is 0.379. The molecule has 0 unspecified atom stereocenters. The van der Waals surface area contributed by atoms with E-state index < -0.39 is 0 Å². The van der Waals surface area contributed by atoms with Gasteiger partial charge in [-0.15, -0.1) is 0 Å². The molecule has 0 aliphatic rings. The molecule has 0 aliphatic carbocycles. The van der Waals surface area contributed by atoms with Crippen LogP contribution in [0.3, 0.4) is 0 Å². The van der Waals surface area contributed by atoms with Crippen LogP contribution in [-0.2, 0) is 13.6 Å². The van der Waals surface area contributed by atoms with Crippen molar-refractivity contribution in [3.63, 3.8) is 0 Å². The van der Waals surface area contributed by atoms with Gasteiger partial charge in [0, 0.05) is 24.2 Å². The summed E-state index contributed by atoms with van der Waals surface area (Å²) in [5.74, 6) is 1.09. The number of aromatic nitrogens is 3. The van der Waals surface area contributed by atoms with Gasteiger partial charge in [0.05, 0.1) is 12.1 Å². The van der Waals surface area contributed by atoms with Gasteiger partial charge in [0.15, 0.2) is 5.82 Å². The second-order valence-corrected chi connectivity index (χ2v) is 4.56. The molecule has 0 spiro atoms. The fourth-order valence-corrected chi connectivity index (χ4v) is 2.14. The number of fused-ring (bicyclic) bond motifs is 1. The van der Waals surface area contributed by atoms with E-state index in [2.05, 4.69) is 15.5 Å². The van der Waals surface area contributed by atoms with Gasteiger partial charge in [0.25, 0.3) is 5.56 Å². The van der Waals surface area contributed by atoms with Gasteiger partial charge >= 0.3 is 0 Å². The molecule has 20 heavy (non-hydrogen) atoms. The first kappa shape index (κ1) is 12.4. The molecule has 2 heterocycles. The standard InChI is InChI=1S/C14H14N4O2/c1-9-16-13(20-17-9)8-15-11-7-14(19)18(2)12-6-4-3-5-10(11)12/h3-7,15H,8H2,1-2H3. The zero-order chi connectivity index (χ0) is 14.1. The fraction of sp³-hybridized carbons (Fsp3) is 0.214. The van der Waals surface area contributed by atoms with Crippen molar-refractivity contribution >= 4 is 16.6 Å². The van der Waals surface area contributed by atoms with Crippen LogP contribution in [0, 0.1) is 6.92 Å². The van der Waals surface area contributed by atoms with Crippen molar-refractivity contribution in [2.75, 3.05) is 5.32 Å². The average Bonchev–Trinajstić information content (AvgIpc) is 2.87. The number of para-hydroxylation sites is 1. The number of anilines is 1. The highest BCUT2D eigenvalue weighted by atomic mass is 16.5. The highest BCUT2D eigenvalue weighted by Gasteiger charge is 2.07. The minimum absolute atomic E-state index is 0.0621. The Labute approximate surface area is 115 Å². The summed E-state index contributed by atoms with van der Waals surface area (Å²) in [6.07, 6.45) is 0. The molecule has 1 aromatic carbocycles. The topological polar surface area (TPSA) is 73.0 Å². The maximum Gasteiger partial charge on any atom is 0.252 e. The van der Waals surface area contributed by atoms with Crippen LogP contribution in [0.5, 0.6) is 0 Å². The first-order chi connectivity index (χ1) is 9.65. The van der Waals surface area contributed by atoms with E-state index in [1.54, 1.807) is 24.6 Å². The van der Waals surface area contributed by atoms with Gasteiger partial charge in [0.1, 0.15) is 0 Å². The van der Waals surface area contributed by atoms with Crippen molar-refractivity contribution in [3.8, 4) is 0 Å². The van der Waals surface area contributed by atoms with Gasteiger partial charge in [-0.1, -0.05) is 23.4 Å². The summed E-state index contributed by atoms with van der Waals surface area (Å²) in [7, 11) is 1.76. The molecule has 2 aromatic heterocycles. The van der Waals surface area contributed by atoms with E-state index in [4.69, 9.17) is 4.52 Å². The Balaban J connectivity index is 1.99. The summed E-state index contributed by atoms with van der Waals surface area (Å²) in [4.78, 5) is 16.1. The predicted molar refractivity (Wildman–Crippen MR) is 75.6 cm³/mol. The second kappa shape index (κ2) is 4.80. The number of pyridine rings is 1. The monoisotopic (exact) mass is 270 g/mol. The van der Waals surface area contributed by atoms with E-state index in [-0.39, 0.29) is 5.56 Å². The van der Waals surface area contributed by atoms with Gasteiger partial charge in [0.2, 0.25) is 5.89 Å². The third kappa shape index (κ3) is 2.16. The number of benzene rings is 1. The Morgan fingerprint density at radius 3 is 2.90 bits per heavy atom. The molecule has 1 N–H and O–H groups in total. The lowest BCUT2D eigenvalue weighted by Gasteiger charge is -2.10. The van der Waals surface area contributed by atoms with E-state index in [0.29, 0.717) is 18.3 Å². The first-order valence-corrected chi connectivity index (χ1v) is 6.27. The second-order valence-electron chi connectivity index (χ2n) is 4.56. The Kier molecular flexibility index (Phi) is 2.98. The minimum atomic E-state index is -0.0621. The molecule has 0 bridgehead atoms. The summed E-state index contributed by atoms with van der Waals surface area (Å²) in [5.41, 5.74) is 1.58. The lowest BCUT2D eigenvalue weighted by Crippen LogP contribution is -2.17. The number of nitrogens with one attached hydrogen (secondary N) is 1. The zero-order valence-corrected chi connectivity index (χ0v) is 11.3. The Morgan fingerprint density at radius 2 is 2.15 bits per heavy atom. The smallest absolute Gasteiger partial charge is 0.252 e. The molecular weight excluding hydrogens is 256 g/mol. The molecular formula is C14H14N4O2. The van der Waals surface area contributed by atoms with Gasteiger partial charge < -0.3 is 14.4 Å². The number of hydrogen-bond donors (Lipinski definition) is 1. The van der Waals surface area contributed by atoms with E-state index >= 15 is 0 Å². The van der Waals surface area contributed by atoms with Crippen molar-refractivity contribution in [1.82, 2.24) is 14.7 Å². The maximum absolute atomic E-state index is 11.9. The predicted octanol–water partition coefficient (Wildman–Crippen LogP) is 1.84. The van der Waals surface area contributed by atoms with E-state index in [9.17, 15) is 4.79 Å². The van der Waals surface area contributed by atoms with Crippen molar-refractivity contribution in [3.05, 3.63) is 52.4 Å². The third-order valence-electron chi connectivity index (χ3n) is 3.15. The molecule has 6 heteroatoms. The molecule has 0 radical (unpaired) electrons. The molecule has 0 aliphatic heterocycles. The Bertz CT molecular complexity index is 819. The molecule has 3 rings (SSSR count). The molecule has 0 saturated heterocycles. The maximum atomic E-state index is 11.9.